The molecule has 3 heterocycles. The molecule has 2 aromatic rings. The van der Waals surface area contributed by atoms with Crippen LogP contribution in [0.2, 0.25) is 0 Å². The molecule has 3 fully saturated rings. The third-order valence-electron chi connectivity index (χ3n) is 6.37. The average molecular weight is 355 g/mol. The summed E-state index contributed by atoms with van der Waals surface area (Å²) in [7, 11) is 1.62. The first-order chi connectivity index (χ1) is 12.7. The maximum absolute atomic E-state index is 11.3. The van der Waals surface area contributed by atoms with Crippen LogP contribution in [-0.2, 0) is 4.74 Å². The SMILES string of the molecule is CCC1CN2CCC1CC2C(O)c1cccc2ccc(OCOC)cc12. The van der Waals surface area contributed by atoms with Crippen molar-refractivity contribution in [3.8, 4) is 5.75 Å². The molecule has 0 aromatic heterocycles. The van der Waals surface area contributed by atoms with Crippen LogP contribution < -0.4 is 4.74 Å². The van der Waals surface area contributed by atoms with Crippen molar-refractivity contribution in [1.82, 2.24) is 4.90 Å². The maximum atomic E-state index is 11.3. The Hall–Kier alpha value is -1.62. The second-order valence-corrected chi connectivity index (χ2v) is 7.74. The predicted octanol–water partition coefficient (Wildman–Crippen LogP) is 3.98. The number of piperidine rings is 3. The molecule has 0 aliphatic carbocycles. The van der Waals surface area contributed by atoms with Crippen molar-refractivity contribution in [1.29, 1.82) is 0 Å². The van der Waals surface area contributed by atoms with Crippen LogP contribution in [0.4, 0.5) is 0 Å². The fourth-order valence-corrected chi connectivity index (χ4v) is 4.93. The lowest BCUT2D eigenvalue weighted by atomic mass is 9.72. The van der Waals surface area contributed by atoms with Crippen molar-refractivity contribution in [2.45, 2.75) is 38.3 Å². The molecule has 26 heavy (non-hydrogen) atoms. The maximum Gasteiger partial charge on any atom is 0.188 e. The van der Waals surface area contributed by atoms with E-state index in [4.69, 9.17) is 9.47 Å². The number of benzene rings is 2. The smallest absolute Gasteiger partial charge is 0.188 e. The molecule has 0 spiro atoms. The minimum absolute atomic E-state index is 0.227. The van der Waals surface area contributed by atoms with Crippen LogP contribution in [0.15, 0.2) is 36.4 Å². The first-order valence-corrected chi connectivity index (χ1v) is 9.77. The second-order valence-electron chi connectivity index (χ2n) is 7.74. The first-order valence-electron chi connectivity index (χ1n) is 9.77. The quantitative estimate of drug-likeness (QED) is 0.796. The molecule has 4 heteroatoms. The molecule has 140 valence electrons. The summed E-state index contributed by atoms with van der Waals surface area (Å²) >= 11 is 0. The van der Waals surface area contributed by atoms with Crippen LogP contribution in [0, 0.1) is 11.8 Å². The third kappa shape index (κ3) is 3.22. The van der Waals surface area contributed by atoms with Crippen LogP contribution in [0.3, 0.4) is 0 Å². The van der Waals surface area contributed by atoms with Gasteiger partial charge < -0.3 is 14.6 Å². The fourth-order valence-electron chi connectivity index (χ4n) is 4.93. The molecule has 5 atom stereocenters. The van der Waals surface area contributed by atoms with Crippen molar-refractivity contribution in [3.63, 3.8) is 0 Å². The van der Waals surface area contributed by atoms with Gasteiger partial charge in [-0.1, -0.05) is 37.6 Å². The molecule has 2 bridgehead atoms. The van der Waals surface area contributed by atoms with Crippen LogP contribution in [0.5, 0.6) is 5.75 Å². The summed E-state index contributed by atoms with van der Waals surface area (Å²) in [6, 6.07) is 12.5. The molecule has 3 aliphatic rings. The Kier molecular flexibility index (Phi) is 5.16. The fraction of sp³-hybridized carbons (Fsp3) is 0.545. The van der Waals surface area contributed by atoms with Crippen LogP contribution >= 0.6 is 0 Å². The monoisotopic (exact) mass is 355 g/mol. The van der Waals surface area contributed by atoms with Gasteiger partial charge in [-0.15, -0.1) is 0 Å². The van der Waals surface area contributed by atoms with E-state index >= 15 is 0 Å². The lowest BCUT2D eigenvalue weighted by Crippen LogP contribution is -2.55. The van der Waals surface area contributed by atoms with Crippen LogP contribution in [-0.4, -0.2) is 43.0 Å². The Morgan fingerprint density at radius 3 is 2.88 bits per heavy atom. The Bertz CT molecular complexity index is 762. The molecule has 4 nitrogen and oxygen atoms in total. The first kappa shape index (κ1) is 17.8. The van der Waals surface area contributed by atoms with Crippen LogP contribution in [0.1, 0.15) is 37.9 Å². The lowest BCUT2D eigenvalue weighted by molar-refractivity contribution is -0.0562. The molecule has 3 aliphatic heterocycles. The van der Waals surface area contributed by atoms with E-state index in [1.165, 1.54) is 12.8 Å². The Labute approximate surface area is 155 Å². The van der Waals surface area contributed by atoms with Gasteiger partial charge in [0.05, 0.1) is 6.10 Å². The number of aliphatic hydroxyl groups excluding tert-OH is 1. The summed E-state index contributed by atoms with van der Waals surface area (Å²) in [5.41, 5.74) is 1.01. The van der Waals surface area contributed by atoms with Gasteiger partial charge in [0.1, 0.15) is 5.75 Å². The lowest BCUT2D eigenvalue weighted by Gasteiger charge is -2.51. The van der Waals surface area contributed by atoms with Crippen molar-refractivity contribution in [2.24, 2.45) is 11.8 Å². The highest BCUT2D eigenvalue weighted by Crippen LogP contribution is 2.43. The Balaban J connectivity index is 1.63. The Morgan fingerprint density at radius 2 is 2.15 bits per heavy atom. The van der Waals surface area contributed by atoms with Crippen molar-refractivity contribution >= 4 is 10.8 Å². The summed E-state index contributed by atoms with van der Waals surface area (Å²) in [5.74, 6) is 2.34. The van der Waals surface area contributed by atoms with E-state index in [2.05, 4.69) is 30.0 Å². The molecule has 0 radical (unpaired) electrons. The largest absolute Gasteiger partial charge is 0.468 e. The van der Waals surface area contributed by atoms with E-state index in [0.29, 0.717) is 0 Å². The number of ether oxygens (including phenoxy) is 2. The zero-order valence-corrected chi connectivity index (χ0v) is 15.7. The van der Waals surface area contributed by atoms with Gasteiger partial charge in [0, 0.05) is 19.7 Å². The second kappa shape index (κ2) is 7.55. The molecule has 5 unspecified atom stereocenters. The Morgan fingerprint density at radius 1 is 1.27 bits per heavy atom. The number of nitrogens with zero attached hydrogens (tertiary/aromatic N) is 1. The van der Waals surface area contributed by atoms with E-state index in [-0.39, 0.29) is 12.8 Å². The average Bonchev–Trinajstić information content (AvgIpc) is 2.71. The van der Waals surface area contributed by atoms with E-state index < -0.39 is 6.10 Å². The highest BCUT2D eigenvalue weighted by atomic mass is 16.7. The number of hydrogen-bond acceptors (Lipinski definition) is 4. The topological polar surface area (TPSA) is 41.9 Å². The summed E-state index contributed by atoms with van der Waals surface area (Å²) < 4.78 is 10.6. The molecule has 5 rings (SSSR count). The van der Waals surface area contributed by atoms with Gasteiger partial charge in [-0.3, -0.25) is 4.90 Å². The van der Waals surface area contributed by atoms with Gasteiger partial charge in [-0.2, -0.15) is 0 Å². The summed E-state index contributed by atoms with van der Waals surface area (Å²) in [5, 5.41) is 13.5. The normalized spacial score (nSPS) is 29.0. The van der Waals surface area contributed by atoms with Gasteiger partial charge in [0.25, 0.3) is 0 Å². The van der Waals surface area contributed by atoms with E-state index in [1.54, 1.807) is 7.11 Å². The molecule has 2 aromatic carbocycles. The summed E-state index contributed by atoms with van der Waals surface area (Å²) in [6.07, 6.45) is 3.18. The number of fused-ring (bicyclic) bond motifs is 4. The van der Waals surface area contributed by atoms with Gasteiger partial charge in [-0.25, -0.2) is 0 Å². The number of aliphatic hydroxyl groups is 1. The van der Waals surface area contributed by atoms with Gasteiger partial charge >= 0.3 is 0 Å². The van der Waals surface area contributed by atoms with Crippen molar-refractivity contribution in [3.05, 3.63) is 42.0 Å². The highest BCUT2D eigenvalue weighted by molar-refractivity contribution is 5.87. The molecule has 0 saturated carbocycles. The molecule has 1 N–H and O–H groups in total. The van der Waals surface area contributed by atoms with Gasteiger partial charge in [0.15, 0.2) is 6.79 Å². The van der Waals surface area contributed by atoms with E-state index in [1.807, 2.05) is 18.2 Å². The van der Waals surface area contributed by atoms with Gasteiger partial charge in [0.2, 0.25) is 0 Å². The zero-order valence-electron chi connectivity index (χ0n) is 15.7. The third-order valence-corrected chi connectivity index (χ3v) is 6.37. The van der Waals surface area contributed by atoms with E-state index in [0.717, 1.165) is 53.4 Å². The zero-order chi connectivity index (χ0) is 18.1. The standard InChI is InChI=1S/C22H29NO3/c1-3-15-13-23-10-9-17(15)11-21(23)22(24)19-6-4-5-16-7-8-18(12-20(16)19)26-14-25-2/h4-8,12,15,17,21-22,24H,3,9-11,13-14H2,1-2H3. The molecule has 0 amide bonds. The van der Waals surface area contributed by atoms with Crippen molar-refractivity contribution < 1.29 is 14.6 Å². The predicted molar refractivity (Wildman–Crippen MR) is 103 cm³/mol. The molecular weight excluding hydrogens is 326 g/mol. The van der Waals surface area contributed by atoms with E-state index in [9.17, 15) is 5.11 Å². The summed E-state index contributed by atoms with van der Waals surface area (Å²) in [6.45, 7) is 4.78. The van der Waals surface area contributed by atoms with Gasteiger partial charge in [-0.05, 0) is 59.7 Å². The minimum atomic E-state index is -0.461. The number of hydrogen-bond donors (Lipinski definition) is 1. The summed E-state index contributed by atoms with van der Waals surface area (Å²) in [4.78, 5) is 2.52. The molecular formula is C22H29NO3. The number of methoxy groups -OCH3 is 1. The van der Waals surface area contributed by atoms with Crippen LogP contribution in [0.25, 0.3) is 10.8 Å². The van der Waals surface area contributed by atoms with Crippen molar-refractivity contribution in [2.75, 3.05) is 27.0 Å². The highest BCUT2D eigenvalue weighted by Gasteiger charge is 2.42. The minimum Gasteiger partial charge on any atom is -0.468 e. The number of rotatable bonds is 6. The molecule has 3 saturated heterocycles.